The normalized spacial score (nSPS) is 12.8. The van der Waals surface area contributed by atoms with E-state index >= 15 is 0 Å². The molecule has 3 heterocycles. The van der Waals surface area contributed by atoms with Crippen molar-refractivity contribution in [3.05, 3.63) is 192 Å². The molecule has 5 nitrogen and oxygen atoms in total. The van der Waals surface area contributed by atoms with Crippen molar-refractivity contribution < 1.29 is 4.42 Å². The standard InChI is InChI=1S/C31H23N3.C21H19NO/c32-20-33-28-12-6-4-10-24(28)26-18-21(14-16-29(26)33)22-15-17-31-27(19-22)25-11-5-7-13-30(25)34(31)23-8-2-1-3-9-23;1-21(2)18-10-5-4-8-16(18)17-9-6-7-14(19(17)21)13-15-11-12-23-20(15)22-3/h1-19H,20,32H2;4-12H,3,13H2,1-2H3. The minimum atomic E-state index is 0.00796. The topological polar surface area (TPSA) is 61.4 Å². The molecule has 2 N–H and O–H groups in total. The van der Waals surface area contributed by atoms with E-state index in [1.54, 1.807) is 6.26 Å². The van der Waals surface area contributed by atoms with Crippen LogP contribution in [0.3, 0.4) is 0 Å². The molecule has 0 unspecified atom stereocenters. The Kier molecular flexibility index (Phi) is 8.28. The van der Waals surface area contributed by atoms with E-state index in [0.29, 0.717) is 12.6 Å². The highest BCUT2D eigenvalue weighted by atomic mass is 16.3. The molecule has 5 heteroatoms. The second-order valence-electron chi connectivity index (χ2n) is 15.4. The minimum absolute atomic E-state index is 0.00796. The highest BCUT2D eigenvalue weighted by Gasteiger charge is 2.37. The highest BCUT2D eigenvalue weighted by molar-refractivity contribution is 6.12. The van der Waals surface area contributed by atoms with Crippen molar-refractivity contribution in [2.45, 2.75) is 32.4 Å². The first-order valence-electron chi connectivity index (χ1n) is 19.5. The molecule has 0 atom stereocenters. The van der Waals surface area contributed by atoms with Gasteiger partial charge in [0.05, 0.1) is 35.0 Å². The third-order valence-electron chi connectivity index (χ3n) is 11.9. The number of furan rings is 1. The molecule has 0 spiro atoms. The van der Waals surface area contributed by atoms with Crippen LogP contribution in [0.1, 0.15) is 36.1 Å². The summed E-state index contributed by atoms with van der Waals surface area (Å²) in [5.41, 5.74) is 22.4. The van der Waals surface area contributed by atoms with Gasteiger partial charge in [-0.25, -0.2) is 4.99 Å². The molecule has 0 saturated carbocycles. The van der Waals surface area contributed by atoms with Gasteiger partial charge in [0.2, 0.25) is 5.88 Å². The fraction of sp³-hybridized carbons (Fsp3) is 0.0962. The van der Waals surface area contributed by atoms with Crippen LogP contribution < -0.4 is 5.73 Å². The predicted molar refractivity (Wildman–Crippen MR) is 238 cm³/mol. The van der Waals surface area contributed by atoms with Gasteiger partial charge in [-0.1, -0.05) is 123 Å². The first-order chi connectivity index (χ1) is 28.0. The summed E-state index contributed by atoms with van der Waals surface area (Å²) < 4.78 is 9.93. The van der Waals surface area contributed by atoms with Gasteiger partial charge in [-0.05, 0) is 100 Å². The third kappa shape index (κ3) is 5.54. The van der Waals surface area contributed by atoms with Crippen LogP contribution in [-0.2, 0) is 18.5 Å². The molecular weight excluding hydrogens is 697 g/mol. The zero-order chi connectivity index (χ0) is 38.7. The fourth-order valence-electron chi connectivity index (χ4n) is 9.35. The van der Waals surface area contributed by atoms with Crippen LogP contribution in [-0.4, -0.2) is 15.9 Å². The summed E-state index contributed by atoms with van der Waals surface area (Å²) in [6.07, 6.45) is 2.49. The van der Waals surface area contributed by atoms with Crippen molar-refractivity contribution in [2.24, 2.45) is 10.7 Å². The molecule has 0 fully saturated rings. The van der Waals surface area contributed by atoms with Crippen LogP contribution in [0.25, 0.3) is 71.6 Å². The number of aromatic nitrogens is 2. The van der Waals surface area contributed by atoms with Gasteiger partial charge in [0.25, 0.3) is 0 Å². The minimum Gasteiger partial charge on any atom is -0.446 e. The Morgan fingerprint density at radius 1 is 0.579 bits per heavy atom. The number of benzene rings is 7. The molecule has 57 heavy (non-hydrogen) atoms. The number of hydrogen-bond donors (Lipinski definition) is 1. The first kappa shape index (κ1) is 34.5. The molecule has 10 aromatic rings. The van der Waals surface area contributed by atoms with Crippen molar-refractivity contribution in [1.82, 2.24) is 9.13 Å². The molecule has 1 aliphatic rings. The Bertz CT molecular complexity index is 3140. The second kappa shape index (κ2) is 13.7. The van der Waals surface area contributed by atoms with E-state index in [0.717, 1.165) is 12.0 Å². The molecule has 0 bridgehead atoms. The van der Waals surface area contributed by atoms with Crippen LogP contribution in [0.2, 0.25) is 0 Å². The molecular formula is C52H42N4O. The van der Waals surface area contributed by atoms with E-state index in [1.807, 2.05) is 6.07 Å². The lowest BCUT2D eigenvalue weighted by molar-refractivity contribution is 0.576. The van der Waals surface area contributed by atoms with Crippen LogP contribution >= 0.6 is 0 Å². The molecule has 1 aliphatic carbocycles. The van der Waals surface area contributed by atoms with Gasteiger partial charge >= 0.3 is 0 Å². The van der Waals surface area contributed by atoms with Gasteiger partial charge in [-0.15, -0.1) is 0 Å². The smallest absolute Gasteiger partial charge is 0.221 e. The number of nitrogens with zero attached hydrogens (tertiary/aromatic N) is 3. The zero-order valence-electron chi connectivity index (χ0n) is 32.1. The van der Waals surface area contributed by atoms with Gasteiger partial charge in [0, 0.05) is 44.6 Å². The van der Waals surface area contributed by atoms with Crippen LogP contribution in [0.15, 0.2) is 179 Å². The summed E-state index contributed by atoms with van der Waals surface area (Å²) in [6, 6.07) is 58.6. The summed E-state index contributed by atoms with van der Waals surface area (Å²) in [7, 11) is 0. The Balaban J connectivity index is 0.000000150. The SMILES string of the molecule is C=Nc1occc1Cc1cccc2c1C(C)(C)c1ccccc1-2.NCn1c2ccccc2c2cc(-c3ccc4c(c3)c3ccccc3n4-c3ccccc3)ccc21. The van der Waals surface area contributed by atoms with E-state index in [1.165, 1.54) is 88.2 Å². The van der Waals surface area contributed by atoms with Crippen LogP contribution in [0.5, 0.6) is 0 Å². The van der Waals surface area contributed by atoms with E-state index in [-0.39, 0.29) is 5.41 Å². The van der Waals surface area contributed by atoms with Gasteiger partial charge in [-0.3, -0.25) is 0 Å². The Labute approximate surface area is 332 Å². The third-order valence-corrected chi connectivity index (χ3v) is 11.9. The fourth-order valence-corrected chi connectivity index (χ4v) is 9.35. The summed E-state index contributed by atoms with van der Waals surface area (Å²) in [6.45, 7) is 8.68. The lowest BCUT2D eigenvalue weighted by atomic mass is 9.79. The monoisotopic (exact) mass is 738 g/mol. The highest BCUT2D eigenvalue weighted by Crippen LogP contribution is 2.50. The lowest BCUT2D eigenvalue weighted by Gasteiger charge is -2.24. The number of fused-ring (bicyclic) bond motifs is 9. The Morgan fingerprint density at radius 3 is 1.93 bits per heavy atom. The van der Waals surface area contributed by atoms with Gasteiger partial charge < -0.3 is 19.3 Å². The Morgan fingerprint density at radius 2 is 1.18 bits per heavy atom. The van der Waals surface area contributed by atoms with Gasteiger partial charge in [0.1, 0.15) is 0 Å². The molecule has 0 radical (unpaired) electrons. The summed E-state index contributed by atoms with van der Waals surface area (Å²) in [5, 5.41) is 5.02. The summed E-state index contributed by atoms with van der Waals surface area (Å²) in [5.74, 6) is 0.621. The molecule has 276 valence electrons. The number of nitrogens with two attached hydrogens (primary N) is 1. The van der Waals surface area contributed by atoms with E-state index in [9.17, 15) is 0 Å². The number of hydrogen-bond acceptors (Lipinski definition) is 3. The predicted octanol–water partition coefficient (Wildman–Crippen LogP) is 13.0. The van der Waals surface area contributed by atoms with E-state index in [2.05, 4.69) is 192 Å². The van der Waals surface area contributed by atoms with Crippen molar-refractivity contribution in [2.75, 3.05) is 0 Å². The number of aliphatic imine (C=N–C) groups is 1. The van der Waals surface area contributed by atoms with Gasteiger partial charge in [-0.2, -0.15) is 0 Å². The average molecular weight is 739 g/mol. The van der Waals surface area contributed by atoms with Crippen molar-refractivity contribution in [3.63, 3.8) is 0 Å². The average Bonchev–Trinajstić information content (AvgIpc) is 4.00. The second-order valence-corrected chi connectivity index (χ2v) is 15.4. The molecule has 0 amide bonds. The summed E-state index contributed by atoms with van der Waals surface area (Å²) >= 11 is 0. The van der Waals surface area contributed by atoms with Crippen molar-refractivity contribution in [1.29, 1.82) is 0 Å². The zero-order valence-corrected chi connectivity index (χ0v) is 32.1. The molecule has 0 saturated heterocycles. The number of rotatable bonds is 6. The number of para-hydroxylation sites is 3. The molecule has 3 aromatic heterocycles. The molecule has 0 aliphatic heterocycles. The molecule has 11 rings (SSSR count). The van der Waals surface area contributed by atoms with E-state index < -0.39 is 0 Å². The quantitative estimate of drug-likeness (QED) is 0.173. The maximum Gasteiger partial charge on any atom is 0.221 e. The molecule has 7 aromatic carbocycles. The van der Waals surface area contributed by atoms with Crippen LogP contribution in [0.4, 0.5) is 5.88 Å². The Hall–Kier alpha value is -6.95. The lowest BCUT2D eigenvalue weighted by Crippen LogP contribution is -2.17. The van der Waals surface area contributed by atoms with Crippen LogP contribution in [0, 0.1) is 0 Å². The van der Waals surface area contributed by atoms with Crippen molar-refractivity contribution in [3.8, 4) is 27.9 Å². The maximum absolute atomic E-state index is 6.10. The summed E-state index contributed by atoms with van der Waals surface area (Å²) in [4.78, 5) is 3.98. The van der Waals surface area contributed by atoms with Crippen molar-refractivity contribution >= 4 is 56.2 Å². The van der Waals surface area contributed by atoms with E-state index in [4.69, 9.17) is 10.2 Å². The largest absolute Gasteiger partial charge is 0.446 e. The maximum atomic E-state index is 6.10. The first-order valence-corrected chi connectivity index (χ1v) is 19.5. The van der Waals surface area contributed by atoms with Gasteiger partial charge in [0.15, 0.2) is 0 Å².